The molecule has 4 rings (SSSR count). The topological polar surface area (TPSA) is 163 Å². The van der Waals surface area contributed by atoms with Gasteiger partial charge in [0.15, 0.2) is 11.8 Å². The quantitative estimate of drug-likeness (QED) is 0.439. The normalized spacial score (nSPS) is 16.2. The molecule has 2 aliphatic heterocycles. The number of nitrogens with zero attached hydrogens (tertiary/aromatic N) is 4. The fourth-order valence-electron chi connectivity index (χ4n) is 3.27. The number of amidine groups is 1. The van der Waals surface area contributed by atoms with Gasteiger partial charge >= 0.3 is 11.7 Å². The average molecular weight is 479 g/mol. The number of nitrogen functional groups attached to an aromatic ring is 1. The minimum absolute atomic E-state index is 0.101. The highest BCUT2D eigenvalue weighted by Gasteiger charge is 2.33. The van der Waals surface area contributed by atoms with Crippen LogP contribution in [0, 0.1) is 0 Å². The van der Waals surface area contributed by atoms with Crippen molar-refractivity contribution in [1.29, 1.82) is 0 Å². The van der Waals surface area contributed by atoms with Crippen LogP contribution in [0.2, 0.25) is 0 Å². The highest BCUT2D eigenvalue weighted by molar-refractivity contribution is 8.15. The zero-order valence-corrected chi connectivity index (χ0v) is 18.5. The number of ketones is 1. The average Bonchev–Trinajstić information content (AvgIpc) is 3.10. The monoisotopic (exact) mass is 479 g/mol. The van der Waals surface area contributed by atoms with E-state index in [1.807, 2.05) is 0 Å². The van der Waals surface area contributed by atoms with Crippen molar-refractivity contribution in [3.8, 4) is 0 Å². The Balaban J connectivity index is 1.52. The molecule has 0 saturated heterocycles. The number of rotatable bonds is 4. The molecule has 2 N–H and O–H groups in total. The number of nitrogens with two attached hydrogens (primary N) is 1. The molecule has 0 amide bonds. The molecule has 2 aliphatic rings. The third-order valence-electron chi connectivity index (χ3n) is 5.03. The lowest BCUT2D eigenvalue weighted by atomic mass is 10.2. The first-order chi connectivity index (χ1) is 15.0. The van der Waals surface area contributed by atoms with Crippen molar-refractivity contribution < 1.29 is 22.7 Å². The Bertz CT molecular complexity index is 1440. The van der Waals surface area contributed by atoms with Gasteiger partial charge in [-0.25, -0.2) is 18.0 Å². The second-order valence-corrected chi connectivity index (χ2v) is 9.83. The Morgan fingerprint density at radius 1 is 1.22 bits per heavy atom. The summed E-state index contributed by atoms with van der Waals surface area (Å²) in [6.45, 7) is -0.493. The van der Waals surface area contributed by atoms with Gasteiger partial charge < -0.3 is 15.4 Å². The molecule has 3 heterocycles. The van der Waals surface area contributed by atoms with E-state index in [4.69, 9.17) is 10.5 Å². The summed E-state index contributed by atoms with van der Waals surface area (Å²) in [5, 5.41) is 0.313. The summed E-state index contributed by atoms with van der Waals surface area (Å²) in [4.78, 5) is 51.4. The Kier molecular flexibility index (Phi) is 5.21. The number of Topliss-reactive ketones (excluding diaryl/α,β-unsaturated/α-hetero) is 1. The molecule has 168 valence electrons. The zero-order valence-electron chi connectivity index (χ0n) is 16.9. The van der Waals surface area contributed by atoms with Crippen LogP contribution < -0.4 is 21.9 Å². The molecule has 12 nitrogen and oxygen atoms in total. The van der Waals surface area contributed by atoms with Crippen molar-refractivity contribution in [2.75, 3.05) is 29.5 Å². The van der Waals surface area contributed by atoms with E-state index >= 15 is 0 Å². The van der Waals surface area contributed by atoms with Gasteiger partial charge in [-0.05, 0) is 30.0 Å². The lowest BCUT2D eigenvalue weighted by Crippen LogP contribution is -2.42. The van der Waals surface area contributed by atoms with Gasteiger partial charge in [0.05, 0.1) is 17.0 Å². The molecule has 0 fully saturated rings. The summed E-state index contributed by atoms with van der Waals surface area (Å²) in [5.41, 5.74) is 4.58. The number of carbonyl (C=O) groups excluding carboxylic acids is 2. The predicted molar refractivity (Wildman–Crippen MR) is 117 cm³/mol. The second-order valence-electron chi connectivity index (χ2n) is 7.06. The Morgan fingerprint density at radius 3 is 2.66 bits per heavy atom. The van der Waals surface area contributed by atoms with Gasteiger partial charge in [-0.3, -0.25) is 18.7 Å². The molecule has 14 heteroatoms. The van der Waals surface area contributed by atoms with Crippen molar-refractivity contribution in [2.24, 2.45) is 18.5 Å². The van der Waals surface area contributed by atoms with Gasteiger partial charge in [0.2, 0.25) is 5.78 Å². The number of hydrogen-bond acceptors (Lipinski definition) is 10. The molecule has 0 spiro atoms. The molecular weight excluding hydrogens is 462 g/mol. The Hall–Kier alpha value is -3.39. The predicted octanol–water partition coefficient (Wildman–Crippen LogP) is -0.683. The van der Waals surface area contributed by atoms with Crippen LogP contribution in [0.25, 0.3) is 0 Å². The minimum atomic E-state index is -3.50. The second kappa shape index (κ2) is 7.63. The fourth-order valence-corrected chi connectivity index (χ4v) is 5.56. The number of esters is 1. The summed E-state index contributed by atoms with van der Waals surface area (Å²) >= 11 is 1.11. The van der Waals surface area contributed by atoms with Crippen molar-refractivity contribution in [3.63, 3.8) is 0 Å². The number of ether oxygens (including phenoxy) is 1. The number of thioether (sulfide) groups is 1. The minimum Gasteiger partial charge on any atom is -0.454 e. The first-order valence-electron chi connectivity index (χ1n) is 9.18. The van der Waals surface area contributed by atoms with E-state index in [9.17, 15) is 27.6 Å². The number of carbonyl (C=O) groups is 2. The Labute approximate surface area is 185 Å². The molecule has 1 aromatic heterocycles. The van der Waals surface area contributed by atoms with Gasteiger partial charge in [-0.15, -0.1) is 4.40 Å². The Morgan fingerprint density at radius 2 is 1.94 bits per heavy atom. The molecule has 0 saturated carbocycles. The van der Waals surface area contributed by atoms with Crippen LogP contribution in [0.5, 0.6) is 0 Å². The maximum Gasteiger partial charge on any atom is 0.338 e. The first-order valence-corrected chi connectivity index (χ1v) is 11.6. The van der Waals surface area contributed by atoms with Crippen LogP contribution in [0.4, 0.5) is 11.5 Å². The van der Waals surface area contributed by atoms with Crippen molar-refractivity contribution >= 4 is 50.2 Å². The summed E-state index contributed by atoms with van der Waals surface area (Å²) in [5.74, 6) is -2.09. The van der Waals surface area contributed by atoms with Gasteiger partial charge in [-0.1, -0.05) is 0 Å². The maximum atomic E-state index is 12.5. The number of hydrogen-bond donors (Lipinski definition) is 1. The van der Waals surface area contributed by atoms with E-state index in [1.54, 1.807) is 11.0 Å². The third kappa shape index (κ3) is 3.60. The van der Waals surface area contributed by atoms with E-state index in [-0.39, 0.29) is 23.7 Å². The number of fused-ring (bicyclic) bond motifs is 3. The van der Waals surface area contributed by atoms with Crippen LogP contribution in [0.1, 0.15) is 20.7 Å². The molecule has 32 heavy (non-hydrogen) atoms. The summed E-state index contributed by atoms with van der Waals surface area (Å²) in [6, 6.07) is 4.64. The van der Waals surface area contributed by atoms with Crippen LogP contribution in [0.15, 0.2) is 37.1 Å². The molecule has 0 bridgehead atoms. The SMILES string of the molecule is Cn1c(N)c(C(=O)COC(=O)c2ccc3c(c2)SC2=NS(=O)(=O)CCN23)c(=O)n(C)c1=O. The molecule has 0 radical (unpaired) electrons. The maximum absolute atomic E-state index is 12.5. The smallest absolute Gasteiger partial charge is 0.338 e. The van der Waals surface area contributed by atoms with E-state index in [1.165, 1.54) is 26.2 Å². The first kappa shape index (κ1) is 21.8. The van der Waals surface area contributed by atoms with Crippen LogP contribution in [-0.2, 0) is 28.9 Å². The van der Waals surface area contributed by atoms with Crippen molar-refractivity contribution in [1.82, 2.24) is 9.13 Å². The summed E-state index contributed by atoms with van der Waals surface area (Å²) < 4.78 is 33.9. The fraction of sp³-hybridized carbons (Fsp3) is 0.278. The number of sulfonamides is 1. The van der Waals surface area contributed by atoms with E-state index in [0.29, 0.717) is 10.1 Å². The summed E-state index contributed by atoms with van der Waals surface area (Å²) in [6.07, 6.45) is 0. The highest BCUT2D eigenvalue weighted by atomic mass is 32.2. The van der Waals surface area contributed by atoms with Gasteiger partial charge in [0.1, 0.15) is 11.4 Å². The van der Waals surface area contributed by atoms with Crippen LogP contribution in [0.3, 0.4) is 0 Å². The highest BCUT2D eigenvalue weighted by Crippen LogP contribution is 2.42. The molecule has 0 unspecified atom stereocenters. The van der Waals surface area contributed by atoms with Crippen LogP contribution >= 0.6 is 11.8 Å². The standard InChI is InChI=1S/C18H17N5O7S2/c1-21-14(19)13(15(25)22(2)18(21)27)11(24)8-30-16(26)9-3-4-10-12(7-9)31-17-20-32(28,29)6-5-23(10)17/h3-4,7H,5-6,8,19H2,1-2H3. The van der Waals surface area contributed by atoms with Crippen LogP contribution in [-0.4, -0.2) is 53.4 Å². The lowest BCUT2D eigenvalue weighted by molar-refractivity contribution is 0.0474. The summed E-state index contributed by atoms with van der Waals surface area (Å²) in [7, 11) is -0.987. The molecule has 0 aliphatic carbocycles. The third-order valence-corrected chi connectivity index (χ3v) is 7.34. The molecular formula is C18H17N5O7S2. The van der Waals surface area contributed by atoms with Gasteiger partial charge in [0, 0.05) is 25.5 Å². The largest absolute Gasteiger partial charge is 0.454 e. The number of benzene rings is 1. The van der Waals surface area contributed by atoms with Gasteiger partial charge in [-0.2, -0.15) is 0 Å². The lowest BCUT2D eigenvalue weighted by Gasteiger charge is -2.22. The number of anilines is 2. The van der Waals surface area contributed by atoms with E-state index in [2.05, 4.69) is 4.40 Å². The van der Waals surface area contributed by atoms with Crippen molar-refractivity contribution in [3.05, 3.63) is 50.2 Å². The molecule has 0 atom stereocenters. The van der Waals surface area contributed by atoms with E-state index < -0.39 is 45.2 Å². The zero-order chi connectivity index (χ0) is 23.4. The number of aromatic nitrogens is 2. The molecule has 2 aromatic rings. The van der Waals surface area contributed by atoms with Crippen molar-refractivity contribution in [2.45, 2.75) is 4.90 Å². The van der Waals surface area contributed by atoms with Gasteiger partial charge in [0.25, 0.3) is 15.6 Å². The molecule has 1 aromatic carbocycles. The van der Waals surface area contributed by atoms with E-state index in [0.717, 1.165) is 26.6 Å².